The number of benzene rings is 1. The molecule has 100 valence electrons. The Hall–Kier alpha value is -1.65. The number of nitrogens with one attached hydrogen (secondary N) is 2. The summed E-state index contributed by atoms with van der Waals surface area (Å²) >= 11 is 6.14. The third-order valence-corrected chi connectivity index (χ3v) is 3.37. The fourth-order valence-electron chi connectivity index (χ4n) is 1.91. The summed E-state index contributed by atoms with van der Waals surface area (Å²) in [5, 5.41) is 7.39. The van der Waals surface area contributed by atoms with E-state index in [9.17, 15) is 4.79 Å². The Kier molecular flexibility index (Phi) is 4.35. The SMILES string of the molecule is CNC(=O)C(C)NCc1ccc(Cl)c2cccnc12. The minimum Gasteiger partial charge on any atom is -0.358 e. The normalized spacial score (nSPS) is 12.4. The van der Waals surface area contributed by atoms with Gasteiger partial charge in [0.1, 0.15) is 0 Å². The van der Waals surface area contributed by atoms with Gasteiger partial charge in [0.25, 0.3) is 0 Å². The van der Waals surface area contributed by atoms with Crippen LogP contribution in [0, 0.1) is 0 Å². The van der Waals surface area contributed by atoms with Crippen molar-refractivity contribution in [2.24, 2.45) is 0 Å². The molecule has 5 heteroatoms. The van der Waals surface area contributed by atoms with Crippen LogP contribution >= 0.6 is 11.6 Å². The summed E-state index contributed by atoms with van der Waals surface area (Å²) in [4.78, 5) is 15.8. The zero-order valence-electron chi connectivity index (χ0n) is 10.9. The molecule has 2 rings (SSSR count). The molecule has 1 unspecified atom stereocenters. The van der Waals surface area contributed by atoms with E-state index in [1.165, 1.54) is 0 Å². The van der Waals surface area contributed by atoms with Gasteiger partial charge in [0.15, 0.2) is 0 Å². The van der Waals surface area contributed by atoms with Gasteiger partial charge in [-0.25, -0.2) is 0 Å². The highest BCUT2D eigenvalue weighted by Gasteiger charge is 2.11. The molecule has 0 spiro atoms. The minimum atomic E-state index is -0.251. The van der Waals surface area contributed by atoms with Crippen molar-refractivity contribution in [1.82, 2.24) is 15.6 Å². The Balaban J connectivity index is 2.22. The molecule has 1 aromatic heterocycles. The maximum absolute atomic E-state index is 11.4. The van der Waals surface area contributed by atoms with Gasteiger partial charge in [0.05, 0.1) is 11.6 Å². The van der Waals surface area contributed by atoms with Gasteiger partial charge in [-0.1, -0.05) is 17.7 Å². The average molecular weight is 278 g/mol. The summed E-state index contributed by atoms with van der Waals surface area (Å²) in [5.41, 5.74) is 1.89. The highest BCUT2D eigenvalue weighted by atomic mass is 35.5. The van der Waals surface area contributed by atoms with Crippen molar-refractivity contribution in [2.75, 3.05) is 7.05 Å². The van der Waals surface area contributed by atoms with Gasteiger partial charge >= 0.3 is 0 Å². The van der Waals surface area contributed by atoms with Crippen LogP contribution < -0.4 is 10.6 Å². The summed E-state index contributed by atoms with van der Waals surface area (Å²) < 4.78 is 0. The third-order valence-electron chi connectivity index (χ3n) is 3.04. The molecule has 2 N–H and O–H groups in total. The smallest absolute Gasteiger partial charge is 0.236 e. The monoisotopic (exact) mass is 277 g/mol. The number of hydrogen-bond donors (Lipinski definition) is 2. The van der Waals surface area contributed by atoms with Crippen LogP contribution in [0.15, 0.2) is 30.5 Å². The first-order valence-corrected chi connectivity index (χ1v) is 6.48. The van der Waals surface area contributed by atoms with Crippen molar-refractivity contribution in [1.29, 1.82) is 0 Å². The van der Waals surface area contributed by atoms with Crippen LogP contribution in [0.5, 0.6) is 0 Å². The van der Waals surface area contributed by atoms with E-state index in [0.29, 0.717) is 11.6 Å². The first-order chi connectivity index (χ1) is 9.13. The van der Waals surface area contributed by atoms with E-state index in [-0.39, 0.29) is 11.9 Å². The molecule has 0 saturated heterocycles. The summed E-state index contributed by atoms with van der Waals surface area (Å²) in [7, 11) is 1.62. The number of halogens is 1. The number of pyridine rings is 1. The number of hydrogen-bond acceptors (Lipinski definition) is 3. The zero-order valence-corrected chi connectivity index (χ0v) is 11.7. The fraction of sp³-hybridized carbons (Fsp3) is 0.286. The van der Waals surface area contributed by atoms with Crippen molar-refractivity contribution < 1.29 is 4.79 Å². The maximum atomic E-state index is 11.4. The van der Waals surface area contributed by atoms with E-state index in [4.69, 9.17) is 11.6 Å². The van der Waals surface area contributed by atoms with E-state index in [0.717, 1.165) is 16.5 Å². The average Bonchev–Trinajstić information content (AvgIpc) is 2.45. The first kappa shape index (κ1) is 13.8. The molecule has 1 aromatic carbocycles. The predicted molar refractivity (Wildman–Crippen MR) is 77.1 cm³/mol. The number of likely N-dealkylation sites (N-methyl/N-ethyl adjacent to an activating group) is 1. The molecule has 1 amide bonds. The van der Waals surface area contributed by atoms with Gasteiger partial charge in [0, 0.05) is 30.2 Å². The van der Waals surface area contributed by atoms with Gasteiger partial charge < -0.3 is 10.6 Å². The van der Waals surface area contributed by atoms with Crippen molar-refractivity contribution in [3.8, 4) is 0 Å². The third kappa shape index (κ3) is 3.03. The molecule has 2 aromatic rings. The number of carbonyl (C=O) groups is 1. The highest BCUT2D eigenvalue weighted by molar-refractivity contribution is 6.35. The lowest BCUT2D eigenvalue weighted by molar-refractivity contribution is -0.122. The van der Waals surface area contributed by atoms with E-state index in [1.54, 1.807) is 13.2 Å². The van der Waals surface area contributed by atoms with Crippen LogP contribution in [-0.4, -0.2) is 24.0 Å². The molecule has 0 radical (unpaired) electrons. The fourth-order valence-corrected chi connectivity index (χ4v) is 2.13. The highest BCUT2D eigenvalue weighted by Crippen LogP contribution is 2.24. The Morgan fingerprint density at radius 2 is 2.21 bits per heavy atom. The summed E-state index contributed by atoms with van der Waals surface area (Å²) in [5.74, 6) is -0.0359. The molecule has 19 heavy (non-hydrogen) atoms. The minimum absolute atomic E-state index is 0.0359. The molecule has 0 aliphatic rings. The van der Waals surface area contributed by atoms with E-state index >= 15 is 0 Å². The van der Waals surface area contributed by atoms with Crippen molar-refractivity contribution in [3.63, 3.8) is 0 Å². The number of nitrogens with zero attached hydrogens (tertiary/aromatic N) is 1. The van der Waals surface area contributed by atoms with Crippen LogP contribution in [-0.2, 0) is 11.3 Å². The molecule has 1 atom stereocenters. The first-order valence-electron chi connectivity index (χ1n) is 6.10. The van der Waals surface area contributed by atoms with E-state index in [1.807, 2.05) is 31.2 Å². The summed E-state index contributed by atoms with van der Waals surface area (Å²) in [6, 6.07) is 7.34. The van der Waals surface area contributed by atoms with Gasteiger partial charge in [-0.15, -0.1) is 0 Å². The van der Waals surface area contributed by atoms with Crippen LogP contribution in [0.4, 0.5) is 0 Å². The molecular weight excluding hydrogens is 262 g/mol. The van der Waals surface area contributed by atoms with Crippen molar-refractivity contribution in [3.05, 3.63) is 41.0 Å². The Bertz CT molecular complexity index is 600. The summed E-state index contributed by atoms with van der Waals surface area (Å²) in [6.45, 7) is 2.39. The Morgan fingerprint density at radius 3 is 2.95 bits per heavy atom. The number of aromatic nitrogens is 1. The molecule has 0 fully saturated rings. The molecular formula is C14H16ClN3O. The lowest BCUT2D eigenvalue weighted by Crippen LogP contribution is -2.40. The van der Waals surface area contributed by atoms with Gasteiger partial charge in [-0.3, -0.25) is 9.78 Å². The largest absolute Gasteiger partial charge is 0.358 e. The van der Waals surface area contributed by atoms with E-state index in [2.05, 4.69) is 15.6 Å². The lowest BCUT2D eigenvalue weighted by atomic mass is 10.1. The quantitative estimate of drug-likeness (QED) is 0.900. The Labute approximate surface area is 117 Å². The van der Waals surface area contributed by atoms with Crippen LogP contribution in [0.1, 0.15) is 12.5 Å². The van der Waals surface area contributed by atoms with Crippen molar-refractivity contribution >= 4 is 28.4 Å². The van der Waals surface area contributed by atoms with E-state index < -0.39 is 0 Å². The zero-order chi connectivity index (χ0) is 13.8. The second-order valence-corrected chi connectivity index (χ2v) is 4.73. The molecule has 0 bridgehead atoms. The maximum Gasteiger partial charge on any atom is 0.236 e. The second-order valence-electron chi connectivity index (χ2n) is 4.32. The topological polar surface area (TPSA) is 54.0 Å². The van der Waals surface area contributed by atoms with Gasteiger partial charge in [-0.2, -0.15) is 0 Å². The Morgan fingerprint density at radius 1 is 1.42 bits per heavy atom. The molecule has 4 nitrogen and oxygen atoms in total. The van der Waals surface area contributed by atoms with Crippen molar-refractivity contribution in [2.45, 2.75) is 19.5 Å². The van der Waals surface area contributed by atoms with Crippen LogP contribution in [0.3, 0.4) is 0 Å². The van der Waals surface area contributed by atoms with Crippen LogP contribution in [0.2, 0.25) is 5.02 Å². The second kappa shape index (κ2) is 5.99. The van der Waals surface area contributed by atoms with Gasteiger partial charge in [-0.05, 0) is 30.7 Å². The molecule has 0 aliphatic carbocycles. The summed E-state index contributed by atoms with van der Waals surface area (Å²) in [6.07, 6.45) is 1.74. The molecule has 0 aliphatic heterocycles. The number of carbonyl (C=O) groups excluding carboxylic acids is 1. The lowest BCUT2D eigenvalue weighted by Gasteiger charge is -2.13. The number of fused-ring (bicyclic) bond motifs is 1. The molecule has 0 saturated carbocycles. The van der Waals surface area contributed by atoms with Crippen LogP contribution in [0.25, 0.3) is 10.9 Å². The standard InChI is InChI=1S/C14H16ClN3O/c1-9(14(19)16-2)18-8-10-5-6-12(15)11-4-3-7-17-13(10)11/h3-7,9,18H,8H2,1-2H3,(H,16,19). The molecule has 1 heterocycles. The van der Waals surface area contributed by atoms with Gasteiger partial charge in [0.2, 0.25) is 5.91 Å². The number of rotatable bonds is 4. The predicted octanol–water partition coefficient (Wildman–Crippen LogP) is 2.11. The number of amides is 1.